The van der Waals surface area contributed by atoms with Gasteiger partial charge in [-0.05, 0) is 29.8 Å². The Labute approximate surface area is 186 Å². The number of anilines is 1. The van der Waals surface area contributed by atoms with Gasteiger partial charge in [-0.25, -0.2) is 14.6 Å². The van der Waals surface area contributed by atoms with Crippen molar-refractivity contribution in [2.45, 2.75) is 12.5 Å². The molecule has 0 saturated carbocycles. The number of hydrogen-bond acceptors (Lipinski definition) is 4. The van der Waals surface area contributed by atoms with Gasteiger partial charge in [0.1, 0.15) is 17.4 Å². The van der Waals surface area contributed by atoms with Crippen molar-refractivity contribution in [3.63, 3.8) is 0 Å². The largest absolute Gasteiger partial charge is 0.480 e. The number of aromatic nitrogens is 2. The molecule has 2 aromatic heterocycles. The van der Waals surface area contributed by atoms with E-state index in [-0.39, 0.29) is 22.8 Å². The molecule has 0 fully saturated rings. The lowest BCUT2D eigenvalue weighted by molar-refractivity contribution is -0.137. The number of carboxylic acids is 2. The van der Waals surface area contributed by atoms with Crippen LogP contribution >= 0.6 is 23.2 Å². The molecule has 31 heavy (non-hydrogen) atoms. The summed E-state index contributed by atoms with van der Waals surface area (Å²) in [6.45, 7) is 0. The van der Waals surface area contributed by atoms with Crippen molar-refractivity contribution in [3.8, 4) is 0 Å². The van der Waals surface area contributed by atoms with Crippen LogP contribution in [-0.2, 0) is 18.3 Å². The number of fused-ring (bicyclic) bond motifs is 2. The smallest absolute Gasteiger partial charge is 0.339 e. The molecule has 0 bridgehead atoms. The van der Waals surface area contributed by atoms with Crippen molar-refractivity contribution in [2.24, 2.45) is 7.05 Å². The number of rotatable bonds is 6. The van der Waals surface area contributed by atoms with Crippen LogP contribution in [0.5, 0.6) is 0 Å². The van der Waals surface area contributed by atoms with Gasteiger partial charge in [0, 0.05) is 41.0 Å². The van der Waals surface area contributed by atoms with E-state index in [0.717, 1.165) is 16.5 Å². The van der Waals surface area contributed by atoms with Crippen LogP contribution in [0.3, 0.4) is 0 Å². The highest BCUT2D eigenvalue weighted by atomic mass is 35.5. The average Bonchev–Trinajstić information content (AvgIpc) is 3.03. The van der Waals surface area contributed by atoms with Gasteiger partial charge in [-0.2, -0.15) is 0 Å². The second-order valence-electron chi connectivity index (χ2n) is 7.17. The Morgan fingerprint density at radius 3 is 2.61 bits per heavy atom. The maximum absolute atomic E-state index is 12.0. The van der Waals surface area contributed by atoms with Crippen LogP contribution < -0.4 is 5.32 Å². The van der Waals surface area contributed by atoms with Gasteiger partial charge in [-0.1, -0.05) is 41.4 Å². The predicted molar refractivity (Wildman–Crippen MR) is 120 cm³/mol. The SMILES string of the molecule is Cn1cc(CC(Nc2nc3c(Cl)cc(Cl)cc3cc2C(=O)O)C(=O)O)c2ccccc21. The first-order valence-corrected chi connectivity index (χ1v) is 10.1. The summed E-state index contributed by atoms with van der Waals surface area (Å²) in [5.41, 5.74) is 1.95. The fraction of sp³-hybridized carbons (Fsp3) is 0.136. The van der Waals surface area contributed by atoms with Gasteiger partial charge in [0.15, 0.2) is 0 Å². The van der Waals surface area contributed by atoms with Crippen molar-refractivity contribution in [3.05, 3.63) is 69.8 Å². The normalized spacial score (nSPS) is 12.2. The lowest BCUT2D eigenvalue weighted by Gasteiger charge is -2.17. The maximum atomic E-state index is 12.0. The van der Waals surface area contributed by atoms with Crippen molar-refractivity contribution in [2.75, 3.05) is 5.32 Å². The van der Waals surface area contributed by atoms with Gasteiger partial charge < -0.3 is 20.1 Å². The molecule has 0 aliphatic carbocycles. The van der Waals surface area contributed by atoms with E-state index in [0.29, 0.717) is 15.9 Å². The predicted octanol–water partition coefficient (Wildman–Crippen LogP) is 4.84. The molecule has 4 aromatic rings. The molecule has 2 heterocycles. The van der Waals surface area contributed by atoms with Crippen molar-refractivity contribution >= 4 is 62.8 Å². The highest BCUT2D eigenvalue weighted by Gasteiger charge is 2.24. The lowest BCUT2D eigenvalue weighted by Crippen LogP contribution is -2.32. The van der Waals surface area contributed by atoms with Gasteiger partial charge in [-0.15, -0.1) is 0 Å². The molecule has 0 radical (unpaired) electrons. The van der Waals surface area contributed by atoms with E-state index in [4.69, 9.17) is 23.2 Å². The first-order chi connectivity index (χ1) is 14.7. The third-order valence-electron chi connectivity index (χ3n) is 5.08. The number of aryl methyl sites for hydroxylation is 1. The van der Waals surface area contributed by atoms with E-state index < -0.39 is 18.0 Å². The number of nitrogens with one attached hydrogen (secondary N) is 1. The zero-order chi connectivity index (χ0) is 22.3. The van der Waals surface area contributed by atoms with Crippen molar-refractivity contribution in [1.29, 1.82) is 0 Å². The molecule has 0 spiro atoms. The van der Waals surface area contributed by atoms with E-state index in [1.165, 1.54) is 12.1 Å². The van der Waals surface area contributed by atoms with Crippen LogP contribution in [0.25, 0.3) is 21.8 Å². The van der Waals surface area contributed by atoms with Crippen LogP contribution in [0, 0.1) is 0 Å². The van der Waals surface area contributed by atoms with E-state index >= 15 is 0 Å². The molecule has 0 amide bonds. The van der Waals surface area contributed by atoms with E-state index in [9.17, 15) is 19.8 Å². The summed E-state index contributed by atoms with van der Waals surface area (Å²) in [6.07, 6.45) is 2.00. The zero-order valence-electron chi connectivity index (χ0n) is 16.3. The molecule has 158 valence electrons. The van der Waals surface area contributed by atoms with Gasteiger partial charge in [0.05, 0.1) is 10.5 Å². The standard InChI is InChI=1S/C22H17Cl2N3O4/c1-27-10-12(14-4-2-3-5-18(14)27)8-17(22(30)31)25-20-15(21(28)29)7-11-6-13(23)9-16(24)19(11)26-20/h2-7,9-10,17H,8H2,1H3,(H,25,26)(H,28,29)(H,30,31). The number of nitrogens with zero attached hydrogens (tertiary/aromatic N) is 2. The maximum Gasteiger partial charge on any atom is 0.339 e. The van der Waals surface area contributed by atoms with Gasteiger partial charge in [0.2, 0.25) is 0 Å². The van der Waals surface area contributed by atoms with Gasteiger partial charge >= 0.3 is 11.9 Å². The minimum atomic E-state index is -1.25. The highest BCUT2D eigenvalue weighted by molar-refractivity contribution is 6.38. The molecule has 1 atom stereocenters. The van der Waals surface area contributed by atoms with Crippen LogP contribution in [-0.4, -0.2) is 37.7 Å². The molecule has 7 nitrogen and oxygen atoms in total. The number of aromatic carboxylic acids is 1. The van der Waals surface area contributed by atoms with E-state index in [1.54, 1.807) is 6.07 Å². The van der Waals surface area contributed by atoms with Crippen LogP contribution in [0.4, 0.5) is 5.82 Å². The fourth-order valence-electron chi connectivity index (χ4n) is 3.66. The molecule has 2 aromatic carbocycles. The Bertz CT molecular complexity index is 1350. The average molecular weight is 458 g/mol. The number of benzene rings is 2. The summed E-state index contributed by atoms with van der Waals surface area (Å²) in [5.74, 6) is -2.45. The fourth-order valence-corrected chi connectivity index (χ4v) is 4.21. The topological polar surface area (TPSA) is 104 Å². The second-order valence-corrected chi connectivity index (χ2v) is 8.01. The number of hydrogen-bond donors (Lipinski definition) is 3. The van der Waals surface area contributed by atoms with Crippen molar-refractivity contribution in [1.82, 2.24) is 9.55 Å². The van der Waals surface area contributed by atoms with Crippen molar-refractivity contribution < 1.29 is 19.8 Å². The molecule has 0 aliphatic rings. The van der Waals surface area contributed by atoms with Crippen LogP contribution in [0.15, 0.2) is 48.7 Å². The summed E-state index contributed by atoms with van der Waals surface area (Å²) in [5, 5.41) is 24.2. The molecule has 0 aliphatic heterocycles. The van der Waals surface area contributed by atoms with Gasteiger partial charge in [0.25, 0.3) is 0 Å². The summed E-state index contributed by atoms with van der Waals surface area (Å²) in [7, 11) is 1.88. The van der Waals surface area contributed by atoms with Gasteiger partial charge in [-0.3, -0.25) is 0 Å². The Morgan fingerprint density at radius 1 is 1.16 bits per heavy atom. The minimum Gasteiger partial charge on any atom is -0.480 e. The summed E-state index contributed by atoms with van der Waals surface area (Å²) >= 11 is 12.2. The Hall–Kier alpha value is -3.29. The van der Waals surface area contributed by atoms with Crippen LogP contribution in [0.1, 0.15) is 15.9 Å². The molecular weight excluding hydrogens is 441 g/mol. The molecular formula is C22H17Cl2N3O4. The lowest BCUT2D eigenvalue weighted by atomic mass is 10.0. The molecule has 0 saturated heterocycles. The Balaban J connectivity index is 1.76. The Kier molecular flexibility index (Phi) is 5.47. The summed E-state index contributed by atoms with van der Waals surface area (Å²) in [6, 6.07) is 11.0. The molecule has 4 rings (SSSR count). The molecule has 1 unspecified atom stereocenters. The van der Waals surface area contributed by atoms with E-state index in [1.807, 2.05) is 42.1 Å². The number of carboxylic acid groups (broad SMARTS) is 2. The number of carbonyl (C=O) groups is 2. The number of pyridine rings is 1. The second kappa shape index (κ2) is 8.09. The summed E-state index contributed by atoms with van der Waals surface area (Å²) in [4.78, 5) is 28.2. The Morgan fingerprint density at radius 2 is 1.90 bits per heavy atom. The molecule has 3 N–H and O–H groups in total. The summed E-state index contributed by atoms with van der Waals surface area (Å²) < 4.78 is 1.92. The third-order valence-corrected chi connectivity index (χ3v) is 5.59. The number of para-hydroxylation sites is 1. The number of aliphatic carboxylic acids is 1. The number of halogens is 2. The van der Waals surface area contributed by atoms with Crippen LogP contribution in [0.2, 0.25) is 10.0 Å². The quantitative estimate of drug-likeness (QED) is 0.382. The first kappa shape index (κ1) is 21.0. The van der Waals surface area contributed by atoms with E-state index in [2.05, 4.69) is 10.3 Å². The monoisotopic (exact) mass is 457 g/mol. The third kappa shape index (κ3) is 4.02. The first-order valence-electron chi connectivity index (χ1n) is 9.30. The molecule has 9 heteroatoms. The minimum absolute atomic E-state index is 0.0724. The zero-order valence-corrected chi connectivity index (χ0v) is 17.8. The highest BCUT2D eigenvalue weighted by Crippen LogP contribution is 2.30.